The standard InChI is InChI=1S/C9H13ClS.CO2/c1-6-5-11-8(7(6)10)9(2,3)4;2-1-3/h5H,1-4H3;. The summed E-state index contributed by atoms with van der Waals surface area (Å²) >= 11 is 7.85. The third-order valence-electron chi connectivity index (χ3n) is 1.58. The Bertz CT molecular complexity index is 330. The molecule has 0 saturated heterocycles. The summed E-state index contributed by atoms with van der Waals surface area (Å²) < 4.78 is 0. The third kappa shape index (κ3) is 3.62. The lowest BCUT2D eigenvalue weighted by Gasteiger charge is -2.16. The highest BCUT2D eigenvalue weighted by atomic mass is 35.5. The van der Waals surface area contributed by atoms with E-state index >= 15 is 0 Å². The van der Waals surface area contributed by atoms with Gasteiger partial charge in [-0.05, 0) is 23.3 Å². The molecule has 0 unspecified atom stereocenters. The molecule has 0 fully saturated rings. The Balaban J connectivity index is 0.000000500. The Labute approximate surface area is 92.9 Å². The van der Waals surface area contributed by atoms with Crippen LogP contribution < -0.4 is 0 Å². The number of aryl methyl sites for hydroxylation is 1. The highest BCUT2D eigenvalue weighted by molar-refractivity contribution is 7.11. The topological polar surface area (TPSA) is 34.1 Å². The minimum Gasteiger partial charge on any atom is -0.186 e. The highest BCUT2D eigenvalue weighted by Gasteiger charge is 2.19. The van der Waals surface area contributed by atoms with Crippen LogP contribution >= 0.6 is 22.9 Å². The molecule has 0 saturated carbocycles. The van der Waals surface area contributed by atoms with Gasteiger partial charge in [0.1, 0.15) is 0 Å². The van der Waals surface area contributed by atoms with Crippen molar-refractivity contribution in [3.05, 3.63) is 20.8 Å². The highest BCUT2D eigenvalue weighted by Crippen LogP contribution is 2.36. The summed E-state index contributed by atoms with van der Waals surface area (Å²) in [5, 5.41) is 3.06. The molecule has 1 aromatic rings. The Hall–Kier alpha value is -0.630. The van der Waals surface area contributed by atoms with Crippen LogP contribution in [0.2, 0.25) is 5.02 Å². The van der Waals surface area contributed by atoms with Crippen molar-refractivity contribution in [2.24, 2.45) is 0 Å². The molecule has 1 aromatic heterocycles. The molecule has 0 spiro atoms. The summed E-state index contributed by atoms with van der Waals surface area (Å²) in [6.07, 6.45) is 0.250. The maximum Gasteiger partial charge on any atom is 0.373 e. The summed E-state index contributed by atoms with van der Waals surface area (Å²) in [6.45, 7) is 8.60. The Kier molecular flexibility index (Phi) is 5.06. The molecular formula is C10H13ClO2S. The Morgan fingerprint density at radius 2 is 1.79 bits per heavy atom. The Morgan fingerprint density at radius 1 is 1.36 bits per heavy atom. The van der Waals surface area contributed by atoms with Crippen LogP contribution in [0.1, 0.15) is 31.2 Å². The second-order valence-corrected chi connectivity index (χ2v) is 5.15. The van der Waals surface area contributed by atoms with E-state index in [-0.39, 0.29) is 11.6 Å². The van der Waals surface area contributed by atoms with Gasteiger partial charge in [-0.1, -0.05) is 32.4 Å². The van der Waals surface area contributed by atoms with Crippen LogP contribution in [-0.2, 0) is 15.0 Å². The van der Waals surface area contributed by atoms with Gasteiger partial charge in [-0.15, -0.1) is 11.3 Å². The number of rotatable bonds is 0. The minimum atomic E-state index is 0.190. The van der Waals surface area contributed by atoms with Gasteiger partial charge in [-0.3, -0.25) is 0 Å². The van der Waals surface area contributed by atoms with Crippen LogP contribution in [0.4, 0.5) is 0 Å². The van der Waals surface area contributed by atoms with Gasteiger partial charge >= 0.3 is 6.15 Å². The molecule has 0 amide bonds. The van der Waals surface area contributed by atoms with Gasteiger partial charge in [0.25, 0.3) is 0 Å². The van der Waals surface area contributed by atoms with Crippen LogP contribution in [0.5, 0.6) is 0 Å². The zero-order chi connectivity index (χ0) is 11.4. The molecule has 2 nitrogen and oxygen atoms in total. The fourth-order valence-corrected chi connectivity index (χ4v) is 2.50. The maximum absolute atomic E-state index is 8.12. The van der Waals surface area contributed by atoms with Crippen molar-refractivity contribution in [2.75, 3.05) is 0 Å². The fraction of sp³-hybridized carbons (Fsp3) is 0.500. The molecule has 14 heavy (non-hydrogen) atoms. The first kappa shape index (κ1) is 13.4. The molecule has 0 aliphatic heterocycles. The third-order valence-corrected chi connectivity index (χ3v) is 3.70. The van der Waals surface area contributed by atoms with E-state index in [1.807, 2.05) is 6.92 Å². The lowest BCUT2D eigenvalue weighted by Crippen LogP contribution is -2.08. The van der Waals surface area contributed by atoms with Gasteiger partial charge in [0.15, 0.2) is 0 Å². The van der Waals surface area contributed by atoms with E-state index in [4.69, 9.17) is 21.2 Å². The molecule has 0 aliphatic carbocycles. The predicted molar refractivity (Wildman–Crippen MR) is 57.8 cm³/mol. The van der Waals surface area contributed by atoms with Crippen molar-refractivity contribution in [1.29, 1.82) is 0 Å². The van der Waals surface area contributed by atoms with E-state index in [9.17, 15) is 0 Å². The van der Waals surface area contributed by atoms with Crippen molar-refractivity contribution in [2.45, 2.75) is 33.1 Å². The number of carbonyl (C=O) groups excluding carboxylic acids is 2. The number of halogens is 1. The molecular weight excluding hydrogens is 220 g/mol. The van der Waals surface area contributed by atoms with Gasteiger partial charge < -0.3 is 0 Å². The first-order chi connectivity index (χ1) is 6.34. The molecule has 1 rings (SSSR count). The average Bonchev–Trinajstić information content (AvgIpc) is 2.33. The van der Waals surface area contributed by atoms with Crippen LogP contribution in [0.25, 0.3) is 0 Å². The lowest BCUT2D eigenvalue weighted by atomic mass is 9.94. The molecule has 1 heterocycles. The zero-order valence-corrected chi connectivity index (χ0v) is 10.3. The molecule has 0 radical (unpaired) electrons. The zero-order valence-electron chi connectivity index (χ0n) is 8.68. The van der Waals surface area contributed by atoms with Crippen molar-refractivity contribution < 1.29 is 9.59 Å². The van der Waals surface area contributed by atoms with Crippen molar-refractivity contribution >= 4 is 29.1 Å². The van der Waals surface area contributed by atoms with Crippen molar-refractivity contribution in [3.63, 3.8) is 0 Å². The summed E-state index contributed by atoms with van der Waals surface area (Å²) in [6, 6.07) is 0. The lowest BCUT2D eigenvalue weighted by molar-refractivity contribution is -0.191. The van der Waals surface area contributed by atoms with Gasteiger partial charge in [-0.25, -0.2) is 0 Å². The SMILES string of the molecule is Cc1csc(C(C)(C)C)c1Cl.O=C=O. The van der Waals surface area contributed by atoms with Gasteiger partial charge in [0, 0.05) is 4.88 Å². The predicted octanol–water partition coefficient (Wildman–Crippen LogP) is 3.42. The minimum absolute atomic E-state index is 0.190. The smallest absolute Gasteiger partial charge is 0.186 e. The summed E-state index contributed by atoms with van der Waals surface area (Å²) in [4.78, 5) is 17.5. The van der Waals surface area contributed by atoms with Crippen LogP contribution in [0, 0.1) is 6.92 Å². The molecule has 78 valence electrons. The fourth-order valence-electron chi connectivity index (χ4n) is 0.936. The second-order valence-electron chi connectivity index (χ2n) is 3.90. The van der Waals surface area contributed by atoms with Gasteiger partial charge in [0.2, 0.25) is 0 Å². The monoisotopic (exact) mass is 232 g/mol. The van der Waals surface area contributed by atoms with Crippen molar-refractivity contribution in [1.82, 2.24) is 0 Å². The van der Waals surface area contributed by atoms with Gasteiger partial charge in [-0.2, -0.15) is 9.59 Å². The second kappa shape index (κ2) is 5.30. The maximum atomic E-state index is 8.12. The first-order valence-corrected chi connectivity index (χ1v) is 5.33. The van der Waals surface area contributed by atoms with E-state index in [1.54, 1.807) is 11.3 Å². The van der Waals surface area contributed by atoms with E-state index in [0.717, 1.165) is 5.02 Å². The molecule has 4 heteroatoms. The summed E-state index contributed by atoms with van der Waals surface area (Å²) in [7, 11) is 0. The van der Waals surface area contributed by atoms with E-state index in [0.29, 0.717) is 0 Å². The first-order valence-electron chi connectivity index (χ1n) is 4.08. The summed E-state index contributed by atoms with van der Waals surface area (Å²) in [5.74, 6) is 0. The summed E-state index contributed by atoms with van der Waals surface area (Å²) in [5.41, 5.74) is 1.39. The molecule has 0 aliphatic rings. The largest absolute Gasteiger partial charge is 0.373 e. The molecule has 0 atom stereocenters. The van der Waals surface area contributed by atoms with Crippen LogP contribution in [0.3, 0.4) is 0 Å². The van der Waals surface area contributed by atoms with Crippen LogP contribution in [0.15, 0.2) is 5.38 Å². The number of thiophene rings is 1. The molecule has 0 N–H and O–H groups in total. The van der Waals surface area contributed by atoms with Crippen molar-refractivity contribution in [3.8, 4) is 0 Å². The normalized spacial score (nSPS) is 10.1. The van der Waals surface area contributed by atoms with Gasteiger partial charge in [0.05, 0.1) is 5.02 Å². The Morgan fingerprint density at radius 3 is 1.93 bits per heavy atom. The molecule has 0 bridgehead atoms. The molecule has 0 aromatic carbocycles. The quantitative estimate of drug-likeness (QED) is 0.687. The number of hydrogen-bond acceptors (Lipinski definition) is 3. The average molecular weight is 233 g/mol. The van der Waals surface area contributed by atoms with E-state index in [1.165, 1.54) is 10.4 Å². The van der Waals surface area contributed by atoms with Crippen LogP contribution in [-0.4, -0.2) is 6.15 Å². The van der Waals surface area contributed by atoms with E-state index < -0.39 is 0 Å². The van der Waals surface area contributed by atoms with E-state index in [2.05, 4.69) is 26.2 Å². The number of hydrogen-bond donors (Lipinski definition) is 0.